The van der Waals surface area contributed by atoms with Crippen LogP contribution in [0.2, 0.25) is 0 Å². The van der Waals surface area contributed by atoms with Crippen molar-refractivity contribution in [2.45, 2.75) is 13.0 Å². The van der Waals surface area contributed by atoms with Crippen LogP contribution >= 0.6 is 0 Å². The molecular formula is C15H19N3O4. The number of nitrogens with zero attached hydrogens (tertiary/aromatic N) is 1. The first kappa shape index (κ1) is 17.2. The standard InChI is InChI=1S/C15H19N3O4/c1-9(2)13(19)17-11-7-5-10(6-8-11)16-12(15(21)22)14(20)18(3)4/h5-8,12,16H,1H2,2-4H3,(H,17,19)(H,21,22). The molecule has 0 spiro atoms. The molecule has 0 aliphatic carbocycles. The first-order valence-electron chi connectivity index (χ1n) is 6.49. The molecule has 0 fully saturated rings. The number of anilines is 2. The van der Waals surface area contributed by atoms with Gasteiger partial charge in [0, 0.05) is 31.0 Å². The molecule has 0 saturated carbocycles. The van der Waals surface area contributed by atoms with E-state index in [9.17, 15) is 14.4 Å². The van der Waals surface area contributed by atoms with Crippen molar-refractivity contribution in [3.05, 3.63) is 36.4 Å². The number of carbonyl (C=O) groups is 3. The van der Waals surface area contributed by atoms with Gasteiger partial charge in [-0.05, 0) is 31.2 Å². The summed E-state index contributed by atoms with van der Waals surface area (Å²) in [5.74, 6) is -2.13. The quantitative estimate of drug-likeness (QED) is 0.541. The highest BCUT2D eigenvalue weighted by Gasteiger charge is 2.27. The van der Waals surface area contributed by atoms with E-state index in [4.69, 9.17) is 5.11 Å². The Morgan fingerprint density at radius 3 is 2.05 bits per heavy atom. The Morgan fingerprint density at radius 1 is 1.14 bits per heavy atom. The Bertz CT molecular complexity index is 593. The Morgan fingerprint density at radius 2 is 1.64 bits per heavy atom. The van der Waals surface area contributed by atoms with Crippen molar-refractivity contribution in [1.82, 2.24) is 4.90 Å². The third-order valence-electron chi connectivity index (χ3n) is 2.78. The van der Waals surface area contributed by atoms with Crippen LogP contribution in [-0.2, 0) is 14.4 Å². The molecule has 1 atom stereocenters. The topological polar surface area (TPSA) is 98.7 Å². The molecule has 1 rings (SSSR count). The lowest BCUT2D eigenvalue weighted by atomic mass is 10.2. The van der Waals surface area contributed by atoms with Gasteiger partial charge in [-0.2, -0.15) is 0 Å². The first-order chi connectivity index (χ1) is 10.2. The highest BCUT2D eigenvalue weighted by molar-refractivity contribution is 6.04. The van der Waals surface area contributed by atoms with Gasteiger partial charge in [-0.15, -0.1) is 0 Å². The fraction of sp³-hybridized carbons (Fsp3) is 0.267. The van der Waals surface area contributed by atoms with Gasteiger partial charge >= 0.3 is 5.97 Å². The van der Waals surface area contributed by atoms with E-state index in [-0.39, 0.29) is 5.91 Å². The maximum absolute atomic E-state index is 11.8. The van der Waals surface area contributed by atoms with Crippen LogP contribution in [0, 0.1) is 0 Å². The molecule has 0 bridgehead atoms. The Balaban J connectivity index is 2.81. The number of rotatable bonds is 6. The highest BCUT2D eigenvalue weighted by Crippen LogP contribution is 2.15. The average molecular weight is 305 g/mol. The lowest BCUT2D eigenvalue weighted by molar-refractivity contribution is -0.144. The van der Waals surface area contributed by atoms with Gasteiger partial charge in [0.2, 0.25) is 6.04 Å². The molecule has 118 valence electrons. The van der Waals surface area contributed by atoms with Crippen LogP contribution in [0.4, 0.5) is 11.4 Å². The number of hydrogen-bond acceptors (Lipinski definition) is 4. The van der Waals surface area contributed by atoms with E-state index in [1.165, 1.54) is 19.0 Å². The Hall–Kier alpha value is -2.83. The third-order valence-corrected chi connectivity index (χ3v) is 2.78. The molecule has 7 nitrogen and oxygen atoms in total. The van der Waals surface area contributed by atoms with Crippen molar-refractivity contribution in [2.75, 3.05) is 24.7 Å². The van der Waals surface area contributed by atoms with Gasteiger partial charge in [0.1, 0.15) is 0 Å². The monoisotopic (exact) mass is 305 g/mol. The van der Waals surface area contributed by atoms with Crippen molar-refractivity contribution < 1.29 is 19.5 Å². The van der Waals surface area contributed by atoms with Gasteiger partial charge in [-0.3, -0.25) is 9.59 Å². The van der Waals surface area contributed by atoms with Crippen LogP contribution in [0.1, 0.15) is 6.92 Å². The van der Waals surface area contributed by atoms with E-state index in [1.54, 1.807) is 31.2 Å². The molecule has 7 heteroatoms. The predicted molar refractivity (Wildman–Crippen MR) is 83.6 cm³/mol. The van der Waals surface area contributed by atoms with Gasteiger partial charge in [-0.1, -0.05) is 6.58 Å². The average Bonchev–Trinajstić information content (AvgIpc) is 2.45. The highest BCUT2D eigenvalue weighted by atomic mass is 16.4. The summed E-state index contributed by atoms with van der Waals surface area (Å²) in [6, 6.07) is 4.98. The van der Waals surface area contributed by atoms with Gasteiger partial charge in [0.05, 0.1) is 0 Å². The maximum Gasteiger partial charge on any atom is 0.336 e. The van der Waals surface area contributed by atoms with Crippen LogP contribution in [0.15, 0.2) is 36.4 Å². The number of amides is 2. The molecule has 0 aliphatic heterocycles. The fourth-order valence-electron chi connectivity index (χ4n) is 1.54. The summed E-state index contributed by atoms with van der Waals surface area (Å²) in [6.07, 6.45) is 0. The van der Waals surface area contributed by atoms with Gasteiger partial charge < -0.3 is 20.6 Å². The van der Waals surface area contributed by atoms with Gasteiger partial charge in [-0.25, -0.2) is 4.79 Å². The summed E-state index contributed by atoms with van der Waals surface area (Å²) in [4.78, 5) is 35.6. The number of benzene rings is 1. The summed E-state index contributed by atoms with van der Waals surface area (Å²) < 4.78 is 0. The molecule has 0 saturated heterocycles. The van der Waals surface area contributed by atoms with E-state index < -0.39 is 17.9 Å². The minimum atomic E-state index is -1.37. The zero-order valence-electron chi connectivity index (χ0n) is 12.7. The van der Waals surface area contributed by atoms with Crippen LogP contribution < -0.4 is 10.6 Å². The zero-order chi connectivity index (χ0) is 16.9. The molecule has 2 amide bonds. The number of carbonyl (C=O) groups excluding carboxylic acids is 2. The summed E-state index contributed by atoms with van der Waals surface area (Å²) in [5.41, 5.74) is 1.38. The van der Waals surface area contributed by atoms with E-state index in [1.807, 2.05) is 0 Å². The van der Waals surface area contributed by atoms with Crippen molar-refractivity contribution in [2.24, 2.45) is 0 Å². The molecule has 0 aliphatic rings. The molecule has 0 aromatic heterocycles. The summed E-state index contributed by atoms with van der Waals surface area (Å²) in [6.45, 7) is 5.12. The third kappa shape index (κ3) is 4.62. The van der Waals surface area contributed by atoms with Crippen LogP contribution in [0.5, 0.6) is 0 Å². The zero-order valence-corrected chi connectivity index (χ0v) is 12.7. The molecule has 1 unspecified atom stereocenters. The Kier molecular flexibility index (Phi) is 5.68. The van der Waals surface area contributed by atoms with Gasteiger partial charge in [0.25, 0.3) is 11.8 Å². The summed E-state index contributed by atoms with van der Waals surface area (Å²) in [5, 5.41) is 14.4. The fourth-order valence-corrected chi connectivity index (χ4v) is 1.54. The van der Waals surface area contributed by atoms with E-state index >= 15 is 0 Å². The van der Waals surface area contributed by atoms with E-state index in [2.05, 4.69) is 17.2 Å². The molecule has 0 radical (unpaired) electrons. The minimum Gasteiger partial charge on any atom is -0.479 e. The second-order valence-electron chi connectivity index (χ2n) is 4.96. The molecule has 3 N–H and O–H groups in total. The predicted octanol–water partition coefficient (Wildman–Crippen LogP) is 1.15. The number of likely N-dealkylation sites (N-methyl/N-ethyl adjacent to an activating group) is 1. The largest absolute Gasteiger partial charge is 0.479 e. The lowest BCUT2D eigenvalue weighted by Gasteiger charge is -2.19. The number of hydrogen-bond donors (Lipinski definition) is 3. The second-order valence-corrected chi connectivity index (χ2v) is 4.96. The van der Waals surface area contributed by atoms with Crippen molar-refractivity contribution >= 4 is 29.2 Å². The smallest absolute Gasteiger partial charge is 0.336 e. The molecule has 22 heavy (non-hydrogen) atoms. The van der Waals surface area contributed by atoms with Gasteiger partial charge in [0.15, 0.2) is 0 Å². The molecular weight excluding hydrogens is 286 g/mol. The van der Waals surface area contributed by atoms with Crippen molar-refractivity contribution in [3.63, 3.8) is 0 Å². The normalized spacial score (nSPS) is 11.2. The summed E-state index contributed by atoms with van der Waals surface area (Å²) in [7, 11) is 2.96. The number of carboxylic acid groups (broad SMARTS) is 1. The van der Waals surface area contributed by atoms with E-state index in [0.717, 1.165) is 0 Å². The molecule has 0 heterocycles. The molecule has 1 aromatic carbocycles. The first-order valence-corrected chi connectivity index (χ1v) is 6.49. The summed E-state index contributed by atoms with van der Waals surface area (Å²) >= 11 is 0. The number of carboxylic acids is 1. The second kappa shape index (κ2) is 7.26. The Labute approximate surface area is 128 Å². The van der Waals surface area contributed by atoms with Crippen LogP contribution in [-0.4, -0.2) is 47.9 Å². The minimum absolute atomic E-state index is 0.299. The van der Waals surface area contributed by atoms with Crippen LogP contribution in [0.3, 0.4) is 0 Å². The number of aliphatic carboxylic acids is 1. The van der Waals surface area contributed by atoms with E-state index in [0.29, 0.717) is 16.9 Å². The molecule has 1 aromatic rings. The maximum atomic E-state index is 11.8. The number of nitrogens with one attached hydrogen (secondary N) is 2. The SMILES string of the molecule is C=C(C)C(=O)Nc1ccc(NC(C(=O)O)C(=O)N(C)C)cc1. The van der Waals surface area contributed by atoms with Crippen LogP contribution in [0.25, 0.3) is 0 Å². The van der Waals surface area contributed by atoms with Crippen molar-refractivity contribution in [1.29, 1.82) is 0 Å². The lowest BCUT2D eigenvalue weighted by Crippen LogP contribution is -2.44. The van der Waals surface area contributed by atoms with Crippen molar-refractivity contribution in [3.8, 4) is 0 Å².